The second-order valence-corrected chi connectivity index (χ2v) is 5.66. The summed E-state index contributed by atoms with van der Waals surface area (Å²) < 4.78 is 5.54. The molecule has 0 spiro atoms. The first-order valence-corrected chi connectivity index (χ1v) is 7.97. The van der Waals surface area contributed by atoms with E-state index in [9.17, 15) is 4.79 Å². The molecule has 0 saturated carbocycles. The summed E-state index contributed by atoms with van der Waals surface area (Å²) in [7, 11) is 0. The predicted molar refractivity (Wildman–Crippen MR) is 93.2 cm³/mol. The van der Waals surface area contributed by atoms with E-state index in [4.69, 9.17) is 16.3 Å². The number of carbonyl (C=O) groups excluding carboxylic acids is 1. The van der Waals surface area contributed by atoms with Gasteiger partial charge in [0.25, 0.3) is 0 Å². The Morgan fingerprint density at radius 3 is 2.57 bits per heavy atom. The highest BCUT2D eigenvalue weighted by atomic mass is 35.5. The van der Waals surface area contributed by atoms with Crippen LogP contribution in [0.3, 0.4) is 0 Å². The molecule has 2 N–H and O–H groups in total. The SMILES string of the molecule is Cc1ccc(OCCNC(=O)NCCc2cccc(Cl)c2)cc1. The Morgan fingerprint density at radius 2 is 1.83 bits per heavy atom. The van der Waals surface area contributed by atoms with Crippen LogP contribution in [0.15, 0.2) is 48.5 Å². The third-order valence-corrected chi connectivity index (χ3v) is 3.50. The van der Waals surface area contributed by atoms with Crippen molar-refractivity contribution in [2.45, 2.75) is 13.3 Å². The standard InChI is InChI=1S/C18H21ClN2O2/c1-14-5-7-17(8-6-14)23-12-11-21-18(22)20-10-9-15-3-2-4-16(19)13-15/h2-8,13H,9-12H2,1H3,(H2,20,21,22). The van der Waals surface area contributed by atoms with Crippen LogP contribution in [0.5, 0.6) is 5.75 Å². The van der Waals surface area contributed by atoms with E-state index in [1.54, 1.807) is 0 Å². The Morgan fingerprint density at radius 1 is 1.09 bits per heavy atom. The predicted octanol–water partition coefficient (Wildman–Crippen LogP) is 3.57. The van der Waals surface area contributed by atoms with Gasteiger partial charge in [-0.2, -0.15) is 0 Å². The number of nitrogens with one attached hydrogen (secondary N) is 2. The molecule has 5 heteroatoms. The molecular weight excluding hydrogens is 312 g/mol. The number of carbonyl (C=O) groups is 1. The van der Waals surface area contributed by atoms with E-state index in [1.807, 2.05) is 55.5 Å². The molecule has 0 heterocycles. The van der Waals surface area contributed by atoms with Crippen molar-refractivity contribution in [3.05, 3.63) is 64.7 Å². The highest BCUT2D eigenvalue weighted by Gasteiger charge is 2.00. The minimum atomic E-state index is -0.195. The maximum Gasteiger partial charge on any atom is 0.314 e. The summed E-state index contributed by atoms with van der Waals surface area (Å²) in [5.74, 6) is 0.804. The summed E-state index contributed by atoms with van der Waals surface area (Å²) in [4.78, 5) is 11.7. The number of amides is 2. The Balaban J connectivity index is 1.57. The van der Waals surface area contributed by atoms with Crippen LogP contribution in [0.2, 0.25) is 5.02 Å². The van der Waals surface area contributed by atoms with Gasteiger partial charge in [0.05, 0.1) is 6.54 Å². The molecule has 2 aromatic carbocycles. The Kier molecular flexibility index (Phi) is 6.76. The third kappa shape index (κ3) is 6.61. The van der Waals surface area contributed by atoms with Gasteiger partial charge < -0.3 is 15.4 Å². The zero-order chi connectivity index (χ0) is 16.5. The Hall–Kier alpha value is -2.20. The summed E-state index contributed by atoms with van der Waals surface area (Å²) in [5, 5.41) is 6.28. The smallest absolute Gasteiger partial charge is 0.314 e. The fourth-order valence-corrected chi connectivity index (χ4v) is 2.26. The lowest BCUT2D eigenvalue weighted by molar-refractivity contribution is 0.236. The molecule has 4 nitrogen and oxygen atoms in total. The van der Waals surface area contributed by atoms with E-state index in [0.717, 1.165) is 17.7 Å². The highest BCUT2D eigenvalue weighted by molar-refractivity contribution is 6.30. The Bertz CT molecular complexity index is 629. The van der Waals surface area contributed by atoms with E-state index < -0.39 is 0 Å². The third-order valence-electron chi connectivity index (χ3n) is 3.27. The van der Waals surface area contributed by atoms with Crippen molar-refractivity contribution in [3.63, 3.8) is 0 Å². The Labute approximate surface area is 141 Å². The summed E-state index contributed by atoms with van der Waals surface area (Å²) in [6, 6.07) is 15.2. The van der Waals surface area contributed by atoms with Gasteiger partial charge in [-0.1, -0.05) is 41.4 Å². The number of urea groups is 1. The summed E-state index contributed by atoms with van der Waals surface area (Å²) in [5.41, 5.74) is 2.29. The molecule has 0 unspecified atom stereocenters. The number of hydrogen-bond donors (Lipinski definition) is 2. The minimum absolute atomic E-state index is 0.195. The van der Waals surface area contributed by atoms with E-state index in [1.165, 1.54) is 5.56 Å². The summed E-state index contributed by atoms with van der Waals surface area (Å²) in [6.07, 6.45) is 0.744. The van der Waals surface area contributed by atoms with Crippen molar-refractivity contribution in [2.75, 3.05) is 19.7 Å². The van der Waals surface area contributed by atoms with Gasteiger partial charge >= 0.3 is 6.03 Å². The van der Waals surface area contributed by atoms with Gasteiger partial charge in [-0.3, -0.25) is 0 Å². The van der Waals surface area contributed by atoms with Gasteiger partial charge in [0.1, 0.15) is 12.4 Å². The molecule has 0 aliphatic rings. The van der Waals surface area contributed by atoms with Crippen LogP contribution < -0.4 is 15.4 Å². The van der Waals surface area contributed by atoms with Crippen LogP contribution in [0.25, 0.3) is 0 Å². The topological polar surface area (TPSA) is 50.4 Å². The molecule has 2 rings (SSSR count). The van der Waals surface area contributed by atoms with Gasteiger partial charge in [-0.25, -0.2) is 4.79 Å². The van der Waals surface area contributed by atoms with E-state index in [0.29, 0.717) is 24.7 Å². The lowest BCUT2D eigenvalue weighted by Gasteiger charge is -2.09. The quantitative estimate of drug-likeness (QED) is 0.761. The number of rotatable bonds is 7. The molecular formula is C18H21ClN2O2. The zero-order valence-electron chi connectivity index (χ0n) is 13.1. The molecule has 0 fully saturated rings. The number of benzene rings is 2. The normalized spacial score (nSPS) is 10.2. The van der Waals surface area contributed by atoms with Crippen molar-refractivity contribution in [1.82, 2.24) is 10.6 Å². The van der Waals surface area contributed by atoms with Gasteiger partial charge in [0.2, 0.25) is 0 Å². The molecule has 0 radical (unpaired) electrons. The first-order valence-electron chi connectivity index (χ1n) is 7.59. The van der Waals surface area contributed by atoms with Crippen molar-refractivity contribution in [1.29, 1.82) is 0 Å². The maximum absolute atomic E-state index is 11.7. The molecule has 0 aromatic heterocycles. The van der Waals surface area contributed by atoms with Gasteiger partial charge in [0.15, 0.2) is 0 Å². The monoisotopic (exact) mass is 332 g/mol. The molecule has 23 heavy (non-hydrogen) atoms. The summed E-state index contributed by atoms with van der Waals surface area (Å²) in [6.45, 7) is 3.48. The number of ether oxygens (including phenoxy) is 1. The maximum atomic E-state index is 11.7. The van der Waals surface area contributed by atoms with E-state index in [2.05, 4.69) is 10.6 Å². The molecule has 2 amide bonds. The van der Waals surface area contributed by atoms with E-state index in [-0.39, 0.29) is 6.03 Å². The van der Waals surface area contributed by atoms with Crippen LogP contribution in [0.4, 0.5) is 4.79 Å². The average Bonchev–Trinajstić information content (AvgIpc) is 2.53. The first kappa shape index (κ1) is 17.2. The fourth-order valence-electron chi connectivity index (χ4n) is 2.04. The van der Waals surface area contributed by atoms with Crippen molar-refractivity contribution in [2.24, 2.45) is 0 Å². The molecule has 0 aliphatic carbocycles. The average molecular weight is 333 g/mol. The van der Waals surface area contributed by atoms with Crippen molar-refractivity contribution in [3.8, 4) is 5.75 Å². The number of halogens is 1. The summed E-state index contributed by atoms with van der Waals surface area (Å²) >= 11 is 5.92. The van der Waals surface area contributed by atoms with Gasteiger partial charge in [-0.05, 0) is 43.2 Å². The second-order valence-electron chi connectivity index (χ2n) is 5.22. The molecule has 0 atom stereocenters. The van der Waals surface area contributed by atoms with Gasteiger partial charge in [-0.15, -0.1) is 0 Å². The number of hydrogen-bond acceptors (Lipinski definition) is 2. The fraction of sp³-hybridized carbons (Fsp3) is 0.278. The minimum Gasteiger partial charge on any atom is -0.492 e. The molecule has 0 saturated heterocycles. The molecule has 0 aliphatic heterocycles. The van der Waals surface area contributed by atoms with E-state index >= 15 is 0 Å². The van der Waals surface area contributed by atoms with Crippen molar-refractivity contribution < 1.29 is 9.53 Å². The first-order chi connectivity index (χ1) is 11.1. The van der Waals surface area contributed by atoms with Crippen molar-refractivity contribution >= 4 is 17.6 Å². The highest BCUT2D eigenvalue weighted by Crippen LogP contribution is 2.11. The second kappa shape index (κ2) is 9.06. The van der Waals surface area contributed by atoms with Crippen LogP contribution in [0.1, 0.15) is 11.1 Å². The lowest BCUT2D eigenvalue weighted by Crippen LogP contribution is -2.38. The number of aryl methyl sites for hydroxylation is 1. The van der Waals surface area contributed by atoms with Gasteiger partial charge in [0, 0.05) is 11.6 Å². The molecule has 122 valence electrons. The zero-order valence-corrected chi connectivity index (χ0v) is 13.9. The van der Waals surface area contributed by atoms with Crippen LogP contribution in [0, 0.1) is 6.92 Å². The largest absolute Gasteiger partial charge is 0.492 e. The van der Waals surface area contributed by atoms with Crippen LogP contribution in [-0.4, -0.2) is 25.7 Å². The van der Waals surface area contributed by atoms with Crippen LogP contribution in [-0.2, 0) is 6.42 Å². The lowest BCUT2D eigenvalue weighted by atomic mass is 10.1. The molecule has 0 bridgehead atoms. The van der Waals surface area contributed by atoms with Crippen LogP contribution >= 0.6 is 11.6 Å². The molecule has 2 aromatic rings.